The van der Waals surface area contributed by atoms with Gasteiger partial charge in [-0.2, -0.15) is 13.2 Å². The summed E-state index contributed by atoms with van der Waals surface area (Å²) in [5, 5.41) is 2.74. The van der Waals surface area contributed by atoms with E-state index in [0.29, 0.717) is 18.5 Å². The summed E-state index contributed by atoms with van der Waals surface area (Å²) < 4.78 is 40.7. The van der Waals surface area contributed by atoms with Crippen LogP contribution in [0.5, 0.6) is 0 Å². The first-order valence-electron chi connectivity index (χ1n) is 8.84. The molecule has 3 aromatic rings. The number of hydrogen-bond acceptors (Lipinski definition) is 2. The van der Waals surface area contributed by atoms with Gasteiger partial charge in [0.15, 0.2) is 0 Å². The second-order valence-corrected chi connectivity index (χ2v) is 6.53. The van der Waals surface area contributed by atoms with Gasteiger partial charge in [0.1, 0.15) is 0 Å². The first-order chi connectivity index (χ1) is 13.3. The summed E-state index contributed by atoms with van der Waals surface area (Å²) in [5.74, 6) is -0.216. The molecule has 0 atom stereocenters. The number of rotatable bonds is 6. The summed E-state index contributed by atoms with van der Waals surface area (Å²) >= 11 is 0. The third-order valence-electron chi connectivity index (χ3n) is 4.63. The minimum Gasteiger partial charge on any atom is -0.356 e. The Morgan fingerprint density at radius 1 is 1.04 bits per heavy atom. The number of aryl methyl sites for hydroxylation is 2. The summed E-state index contributed by atoms with van der Waals surface area (Å²) in [4.78, 5) is 24.4. The van der Waals surface area contributed by atoms with Gasteiger partial charge in [-0.1, -0.05) is 24.3 Å². The average Bonchev–Trinajstić information content (AvgIpc) is 2.91. The van der Waals surface area contributed by atoms with Gasteiger partial charge in [-0.05, 0) is 36.2 Å². The van der Waals surface area contributed by atoms with Gasteiger partial charge in [0.05, 0.1) is 16.6 Å². The molecule has 1 N–H and O–H groups in total. The molecule has 1 heterocycles. The number of imidazole rings is 1. The number of hydrogen-bond donors (Lipinski definition) is 1. The molecule has 0 bridgehead atoms. The number of benzene rings is 2. The Hall–Kier alpha value is -3.03. The number of amides is 1. The van der Waals surface area contributed by atoms with Crippen LogP contribution in [0.1, 0.15) is 17.5 Å². The lowest BCUT2D eigenvalue weighted by Gasteiger charge is -2.09. The van der Waals surface area contributed by atoms with E-state index in [9.17, 15) is 22.8 Å². The van der Waals surface area contributed by atoms with E-state index in [1.54, 1.807) is 11.6 Å². The Labute approximate surface area is 159 Å². The second-order valence-electron chi connectivity index (χ2n) is 6.53. The van der Waals surface area contributed by atoms with E-state index >= 15 is 0 Å². The van der Waals surface area contributed by atoms with Crippen LogP contribution in [-0.2, 0) is 31.0 Å². The van der Waals surface area contributed by atoms with Crippen molar-refractivity contribution in [1.82, 2.24) is 14.5 Å². The number of halogens is 3. The molecule has 0 spiro atoms. The average molecular weight is 391 g/mol. The zero-order valence-corrected chi connectivity index (χ0v) is 15.3. The van der Waals surface area contributed by atoms with Crippen molar-refractivity contribution in [1.29, 1.82) is 0 Å². The molecule has 8 heteroatoms. The molecule has 2 aromatic carbocycles. The Morgan fingerprint density at radius 2 is 1.68 bits per heavy atom. The SMILES string of the molecule is Cn1c(=O)n(CCC(=O)NCCc2ccc(C(F)(F)F)cc2)c2ccccc21. The molecule has 148 valence electrons. The van der Waals surface area contributed by atoms with E-state index in [1.807, 2.05) is 24.3 Å². The molecule has 0 unspecified atom stereocenters. The van der Waals surface area contributed by atoms with E-state index in [2.05, 4.69) is 5.32 Å². The number of fused-ring (bicyclic) bond motifs is 1. The van der Waals surface area contributed by atoms with Crippen molar-refractivity contribution >= 4 is 16.9 Å². The second kappa shape index (κ2) is 7.92. The molecule has 5 nitrogen and oxygen atoms in total. The van der Waals surface area contributed by atoms with E-state index in [0.717, 1.165) is 23.2 Å². The van der Waals surface area contributed by atoms with Crippen LogP contribution in [0.3, 0.4) is 0 Å². The molecule has 0 saturated carbocycles. The van der Waals surface area contributed by atoms with Crippen LogP contribution in [-0.4, -0.2) is 21.6 Å². The van der Waals surface area contributed by atoms with Crippen LogP contribution >= 0.6 is 0 Å². The van der Waals surface area contributed by atoms with Crippen LogP contribution in [0.2, 0.25) is 0 Å². The topological polar surface area (TPSA) is 56.0 Å². The molecule has 3 rings (SSSR count). The zero-order valence-electron chi connectivity index (χ0n) is 15.3. The Bertz CT molecular complexity index is 1030. The van der Waals surface area contributed by atoms with Crippen molar-refractivity contribution in [3.63, 3.8) is 0 Å². The predicted octanol–water partition coefficient (Wildman–Crippen LogP) is 3.11. The summed E-state index contributed by atoms with van der Waals surface area (Å²) in [7, 11) is 1.69. The van der Waals surface area contributed by atoms with Gasteiger partial charge >= 0.3 is 11.9 Å². The third kappa shape index (κ3) is 4.27. The fraction of sp³-hybridized carbons (Fsp3) is 0.300. The minimum absolute atomic E-state index is 0.140. The maximum Gasteiger partial charge on any atom is 0.416 e. The van der Waals surface area contributed by atoms with Crippen molar-refractivity contribution in [2.24, 2.45) is 7.05 Å². The quantitative estimate of drug-likeness (QED) is 0.702. The number of carbonyl (C=O) groups is 1. The molecule has 1 amide bonds. The molecule has 0 fully saturated rings. The van der Waals surface area contributed by atoms with Crippen LogP contribution in [0.4, 0.5) is 13.2 Å². The smallest absolute Gasteiger partial charge is 0.356 e. The lowest BCUT2D eigenvalue weighted by Crippen LogP contribution is -2.29. The summed E-state index contributed by atoms with van der Waals surface area (Å²) in [6.45, 7) is 0.570. The van der Waals surface area contributed by atoms with Gasteiger partial charge in [0, 0.05) is 26.6 Å². The molecule has 0 aliphatic heterocycles. The van der Waals surface area contributed by atoms with Crippen LogP contribution in [0, 0.1) is 0 Å². The molecular formula is C20H20F3N3O2. The molecule has 28 heavy (non-hydrogen) atoms. The van der Waals surface area contributed by atoms with Crippen LogP contribution in [0.15, 0.2) is 53.3 Å². The van der Waals surface area contributed by atoms with E-state index in [4.69, 9.17) is 0 Å². The lowest BCUT2D eigenvalue weighted by atomic mass is 10.1. The highest BCUT2D eigenvalue weighted by Gasteiger charge is 2.29. The van der Waals surface area contributed by atoms with Gasteiger partial charge in [0.2, 0.25) is 5.91 Å². The Kier molecular flexibility index (Phi) is 5.58. The predicted molar refractivity (Wildman–Crippen MR) is 100.0 cm³/mol. The third-order valence-corrected chi connectivity index (χ3v) is 4.63. The fourth-order valence-electron chi connectivity index (χ4n) is 3.09. The van der Waals surface area contributed by atoms with E-state index in [1.165, 1.54) is 16.7 Å². The van der Waals surface area contributed by atoms with Gasteiger partial charge in [-0.25, -0.2) is 4.79 Å². The first-order valence-corrected chi connectivity index (χ1v) is 8.84. The van der Waals surface area contributed by atoms with Crippen LogP contribution in [0.25, 0.3) is 11.0 Å². The van der Waals surface area contributed by atoms with Gasteiger partial charge in [-0.15, -0.1) is 0 Å². The van der Waals surface area contributed by atoms with E-state index < -0.39 is 11.7 Å². The van der Waals surface area contributed by atoms with Crippen LogP contribution < -0.4 is 11.0 Å². The summed E-state index contributed by atoms with van der Waals surface area (Å²) in [5.41, 5.74) is 1.40. The maximum absolute atomic E-state index is 12.5. The van der Waals surface area contributed by atoms with E-state index in [-0.39, 0.29) is 24.6 Å². The van der Waals surface area contributed by atoms with Crippen molar-refractivity contribution in [3.8, 4) is 0 Å². The maximum atomic E-state index is 12.5. The molecule has 1 aromatic heterocycles. The van der Waals surface area contributed by atoms with Gasteiger partial charge < -0.3 is 5.32 Å². The fourth-order valence-corrected chi connectivity index (χ4v) is 3.09. The molecule has 0 aliphatic carbocycles. The number of aromatic nitrogens is 2. The highest BCUT2D eigenvalue weighted by molar-refractivity contribution is 5.77. The summed E-state index contributed by atoms with van der Waals surface area (Å²) in [6, 6.07) is 12.2. The highest BCUT2D eigenvalue weighted by Crippen LogP contribution is 2.29. The number of carbonyl (C=O) groups excluding carboxylic acids is 1. The largest absolute Gasteiger partial charge is 0.416 e. The zero-order chi connectivity index (χ0) is 20.3. The normalized spacial score (nSPS) is 11.7. The highest BCUT2D eigenvalue weighted by atomic mass is 19.4. The van der Waals surface area contributed by atoms with Crippen molar-refractivity contribution in [2.45, 2.75) is 25.6 Å². The van der Waals surface area contributed by atoms with Gasteiger partial charge in [0.25, 0.3) is 0 Å². The monoisotopic (exact) mass is 391 g/mol. The Morgan fingerprint density at radius 3 is 2.32 bits per heavy atom. The molecule has 0 radical (unpaired) electrons. The lowest BCUT2D eigenvalue weighted by molar-refractivity contribution is -0.137. The number of nitrogens with zero attached hydrogens (tertiary/aromatic N) is 2. The first kappa shape index (κ1) is 19.7. The summed E-state index contributed by atoms with van der Waals surface area (Å²) in [6.07, 6.45) is -3.79. The molecule has 0 saturated heterocycles. The molecular weight excluding hydrogens is 371 g/mol. The number of nitrogens with one attached hydrogen (secondary N) is 1. The minimum atomic E-state index is -4.35. The van der Waals surface area contributed by atoms with Crippen molar-refractivity contribution < 1.29 is 18.0 Å². The number of para-hydroxylation sites is 2. The van der Waals surface area contributed by atoms with Gasteiger partial charge in [-0.3, -0.25) is 13.9 Å². The standard InChI is InChI=1S/C20H20F3N3O2/c1-25-16-4-2-3-5-17(16)26(19(25)28)13-11-18(27)24-12-10-14-6-8-15(9-7-14)20(21,22)23/h2-9H,10-13H2,1H3,(H,24,27). The number of alkyl halides is 3. The van der Waals surface area contributed by atoms with Crippen molar-refractivity contribution in [2.75, 3.05) is 6.54 Å². The Balaban J connectivity index is 1.52. The van der Waals surface area contributed by atoms with Crippen molar-refractivity contribution in [3.05, 3.63) is 70.1 Å². The molecule has 0 aliphatic rings.